The first-order valence-electron chi connectivity index (χ1n) is 28.3. The number of hydrogen-bond donors (Lipinski definition) is 0. The van der Waals surface area contributed by atoms with E-state index in [2.05, 4.69) is 282 Å². The topological polar surface area (TPSA) is 9.72 Å². The van der Waals surface area contributed by atoms with Crippen LogP contribution < -0.4 is 14.7 Å². The van der Waals surface area contributed by atoms with Crippen LogP contribution in [0, 0.1) is 17.8 Å². The van der Waals surface area contributed by atoms with Gasteiger partial charge in [-0.3, -0.25) is 0 Å². The molecule has 77 heavy (non-hydrogen) atoms. The van der Waals surface area contributed by atoms with Crippen molar-refractivity contribution < 1.29 is 0 Å². The van der Waals surface area contributed by atoms with Crippen molar-refractivity contribution in [2.45, 2.75) is 69.0 Å². The first-order chi connectivity index (χ1) is 38.2. The average molecular weight is 996 g/mol. The van der Waals surface area contributed by atoms with Crippen molar-refractivity contribution in [2.24, 2.45) is 17.8 Å². The fraction of sp³-hybridized carbons (Fsp3) is 0.189. The smallest absolute Gasteiger partial charge is 0.0626 e. The molecular weight excluding hydrogens is 931 g/mol. The molecule has 6 aliphatic rings. The van der Waals surface area contributed by atoms with Crippen LogP contribution in [-0.4, -0.2) is 18.1 Å². The summed E-state index contributed by atoms with van der Waals surface area (Å²) in [7, 11) is 0. The fourth-order valence-corrected chi connectivity index (χ4v) is 14.3. The molecule has 0 amide bonds. The second kappa shape index (κ2) is 20.6. The molecule has 0 saturated heterocycles. The second-order valence-electron chi connectivity index (χ2n) is 22.1. The summed E-state index contributed by atoms with van der Waals surface area (Å²) in [6.07, 6.45) is 26.9. The molecular formula is C74H65N3. The number of nitrogens with zero attached hydrogens (tertiary/aromatic N) is 3. The van der Waals surface area contributed by atoms with Gasteiger partial charge in [-0.25, -0.2) is 0 Å². The third kappa shape index (κ3) is 9.02. The third-order valence-corrected chi connectivity index (χ3v) is 17.8. The number of anilines is 5. The van der Waals surface area contributed by atoms with Gasteiger partial charge in [0.05, 0.1) is 6.04 Å². The molecule has 0 bridgehead atoms. The van der Waals surface area contributed by atoms with E-state index in [1.807, 2.05) is 0 Å². The largest absolute Gasteiger partial charge is 0.338 e. The summed E-state index contributed by atoms with van der Waals surface area (Å²) in [6.45, 7) is 0. The molecule has 3 nitrogen and oxygen atoms in total. The van der Waals surface area contributed by atoms with Gasteiger partial charge in [-0.1, -0.05) is 218 Å². The van der Waals surface area contributed by atoms with E-state index in [0.29, 0.717) is 41.8 Å². The molecule has 0 aromatic heterocycles. The van der Waals surface area contributed by atoms with Gasteiger partial charge in [0.25, 0.3) is 0 Å². The van der Waals surface area contributed by atoms with Crippen molar-refractivity contribution >= 4 is 34.0 Å². The van der Waals surface area contributed by atoms with E-state index in [1.54, 1.807) is 5.57 Å². The predicted molar refractivity (Wildman–Crippen MR) is 323 cm³/mol. The summed E-state index contributed by atoms with van der Waals surface area (Å²) < 4.78 is 0. The Labute approximate surface area is 455 Å². The van der Waals surface area contributed by atoms with E-state index in [-0.39, 0.29) is 0 Å². The normalized spacial score (nSPS) is 22.4. The van der Waals surface area contributed by atoms with E-state index < -0.39 is 0 Å². The van der Waals surface area contributed by atoms with Gasteiger partial charge in [0.15, 0.2) is 0 Å². The highest BCUT2D eigenvalue weighted by atomic mass is 15.2. The Balaban J connectivity index is 0.768. The molecule has 3 heteroatoms. The SMILES string of the molecule is C1=CC2C3=C(CCC(C(Cc4ccc(-c5ccc(N(c6cccc(-c7ccccc7)c6)[C@@H]6CCC7C(C6)c6ccccc6N7c6ccccc6)cc5)cc4)C4C=C(c5ccccc5)C=CC4)=C3)N(c3ccccc3)C2C=C1. The maximum Gasteiger partial charge on any atom is 0.0626 e. The number of fused-ring (bicyclic) bond motifs is 5. The highest BCUT2D eigenvalue weighted by Gasteiger charge is 2.45. The standard InChI is InChI=1S/C74H65N3/c1-5-19-53(20-6-1)57-23-17-25-59(48-57)68(60-41-45-73-69(50-60)66-31-13-15-33-71(66)76(73)61-26-9-3-10-27-61)47-52-35-37-55(38-36-52)56-39-42-63(43-40-56)75(64-30-18-24-58(49-64)54-21-7-2-8-22-54)65-44-46-74-70(51-65)67-32-14-16-34-72(67)77(74)62-28-11-4-12-29-62/h1-24,26-40,42-43,48-50,59,65-66,68,70-71,74H,25,41,44-47,51H2/t59?,65-,66?,68?,70?,71?,74?/m1/s1. The van der Waals surface area contributed by atoms with Gasteiger partial charge in [-0.05, 0) is 161 Å². The zero-order valence-corrected chi connectivity index (χ0v) is 43.7. The second-order valence-corrected chi connectivity index (χ2v) is 22.1. The highest BCUT2D eigenvalue weighted by molar-refractivity contribution is 5.78. The molecule has 6 unspecified atom stereocenters. The number of benzene rings is 8. The summed E-state index contributed by atoms with van der Waals surface area (Å²) in [6, 6.07) is 82.5. The van der Waals surface area contributed by atoms with Crippen LogP contribution in [0.5, 0.6) is 0 Å². The minimum absolute atomic E-state index is 0.316. The van der Waals surface area contributed by atoms with Crippen LogP contribution in [0.1, 0.15) is 61.1 Å². The molecule has 14 rings (SSSR count). The van der Waals surface area contributed by atoms with Crippen molar-refractivity contribution in [2.75, 3.05) is 14.7 Å². The Morgan fingerprint density at radius 1 is 0.532 bits per heavy atom. The molecule has 2 aliphatic heterocycles. The van der Waals surface area contributed by atoms with E-state index in [4.69, 9.17) is 0 Å². The van der Waals surface area contributed by atoms with Gasteiger partial charge in [0, 0.05) is 58.1 Å². The molecule has 1 saturated carbocycles. The van der Waals surface area contributed by atoms with Crippen LogP contribution in [0.15, 0.2) is 284 Å². The summed E-state index contributed by atoms with van der Waals surface area (Å²) in [4.78, 5) is 7.94. The summed E-state index contributed by atoms with van der Waals surface area (Å²) in [5, 5.41) is 0. The van der Waals surface area contributed by atoms with Crippen molar-refractivity contribution in [3.63, 3.8) is 0 Å². The van der Waals surface area contributed by atoms with Crippen LogP contribution in [0.3, 0.4) is 0 Å². The Bertz CT molecular complexity index is 3590. The maximum absolute atomic E-state index is 2.67. The quantitative estimate of drug-likeness (QED) is 0.121. The van der Waals surface area contributed by atoms with Gasteiger partial charge in [-0.15, -0.1) is 0 Å². The molecule has 2 heterocycles. The zero-order chi connectivity index (χ0) is 51.1. The van der Waals surface area contributed by atoms with Gasteiger partial charge in [-0.2, -0.15) is 0 Å². The molecule has 7 atom stereocenters. The third-order valence-electron chi connectivity index (χ3n) is 17.8. The van der Waals surface area contributed by atoms with E-state index in [1.165, 1.54) is 84.2 Å². The van der Waals surface area contributed by atoms with Crippen molar-refractivity contribution in [3.8, 4) is 22.3 Å². The lowest BCUT2D eigenvalue weighted by Crippen LogP contribution is -2.42. The number of para-hydroxylation sites is 3. The zero-order valence-electron chi connectivity index (χ0n) is 43.7. The lowest BCUT2D eigenvalue weighted by Gasteiger charge is -2.42. The van der Waals surface area contributed by atoms with Crippen LogP contribution in [0.4, 0.5) is 28.4 Å². The molecule has 376 valence electrons. The van der Waals surface area contributed by atoms with Crippen molar-refractivity contribution in [1.82, 2.24) is 0 Å². The summed E-state index contributed by atoms with van der Waals surface area (Å²) in [5.74, 6) is 1.58. The van der Waals surface area contributed by atoms with Gasteiger partial charge in [0.1, 0.15) is 0 Å². The van der Waals surface area contributed by atoms with Gasteiger partial charge >= 0.3 is 0 Å². The van der Waals surface area contributed by atoms with Crippen LogP contribution >= 0.6 is 0 Å². The van der Waals surface area contributed by atoms with E-state index in [9.17, 15) is 0 Å². The Hall–Kier alpha value is -8.40. The number of allylic oxidation sites excluding steroid dienone is 9. The fourth-order valence-electron chi connectivity index (χ4n) is 14.3. The molecule has 4 aliphatic carbocycles. The predicted octanol–water partition coefficient (Wildman–Crippen LogP) is 18.4. The van der Waals surface area contributed by atoms with Gasteiger partial charge < -0.3 is 14.7 Å². The first kappa shape index (κ1) is 47.1. The van der Waals surface area contributed by atoms with E-state index >= 15 is 0 Å². The molecule has 0 radical (unpaired) electrons. The minimum Gasteiger partial charge on any atom is -0.338 e. The number of rotatable bonds is 12. The molecule has 8 aromatic rings. The Morgan fingerprint density at radius 2 is 1.17 bits per heavy atom. The Kier molecular flexibility index (Phi) is 12.6. The summed E-state index contributed by atoms with van der Waals surface area (Å²) >= 11 is 0. The van der Waals surface area contributed by atoms with E-state index in [0.717, 1.165) is 44.9 Å². The molecule has 8 aromatic carbocycles. The Morgan fingerprint density at radius 3 is 1.92 bits per heavy atom. The minimum atomic E-state index is 0.316. The summed E-state index contributed by atoms with van der Waals surface area (Å²) in [5.41, 5.74) is 21.6. The highest BCUT2D eigenvalue weighted by Crippen LogP contribution is 2.53. The van der Waals surface area contributed by atoms with Crippen LogP contribution in [-0.2, 0) is 6.42 Å². The lowest BCUT2D eigenvalue weighted by molar-refractivity contribution is 0.358. The first-order valence-corrected chi connectivity index (χ1v) is 28.3. The van der Waals surface area contributed by atoms with Crippen LogP contribution in [0.2, 0.25) is 0 Å². The molecule has 0 N–H and O–H groups in total. The van der Waals surface area contributed by atoms with Gasteiger partial charge in [0.2, 0.25) is 0 Å². The number of hydrogen-bond acceptors (Lipinski definition) is 3. The van der Waals surface area contributed by atoms with Crippen molar-refractivity contribution in [1.29, 1.82) is 0 Å². The lowest BCUT2D eigenvalue weighted by atomic mass is 9.73. The van der Waals surface area contributed by atoms with Crippen molar-refractivity contribution in [3.05, 3.63) is 301 Å². The molecule has 1 fully saturated rings. The average Bonchev–Trinajstić information content (AvgIpc) is 4.08. The molecule has 0 spiro atoms. The van der Waals surface area contributed by atoms with Crippen LogP contribution in [0.25, 0.3) is 27.8 Å². The monoisotopic (exact) mass is 996 g/mol. The maximum atomic E-state index is 2.67.